The van der Waals surface area contributed by atoms with E-state index in [1.807, 2.05) is 25.1 Å². The van der Waals surface area contributed by atoms with Gasteiger partial charge in [0.25, 0.3) is 10.0 Å². The van der Waals surface area contributed by atoms with Crippen LogP contribution in [-0.4, -0.2) is 42.1 Å². The largest absolute Gasteiger partial charge is 0.497 e. The maximum atomic E-state index is 13.6. The van der Waals surface area contributed by atoms with E-state index in [2.05, 4.69) is 0 Å². The van der Waals surface area contributed by atoms with E-state index in [9.17, 15) is 13.2 Å². The molecule has 0 aliphatic heterocycles. The molecule has 0 atom stereocenters. The van der Waals surface area contributed by atoms with Crippen LogP contribution in [-0.2, 0) is 14.8 Å². The Hall–Kier alpha value is -3.52. The Balaban J connectivity index is 2.07. The molecule has 0 spiro atoms. The van der Waals surface area contributed by atoms with Gasteiger partial charge >= 0.3 is 0 Å². The van der Waals surface area contributed by atoms with E-state index < -0.39 is 22.5 Å². The van der Waals surface area contributed by atoms with Crippen LogP contribution in [0.25, 0.3) is 0 Å². The molecule has 1 amide bonds. The lowest BCUT2D eigenvalue weighted by atomic mass is 10.2. The molecule has 0 saturated heterocycles. The number of methoxy groups -OCH3 is 2. The van der Waals surface area contributed by atoms with E-state index >= 15 is 0 Å². The zero-order valence-corrected chi connectivity index (χ0v) is 19.3. The van der Waals surface area contributed by atoms with Gasteiger partial charge in [-0.2, -0.15) is 0 Å². The summed E-state index contributed by atoms with van der Waals surface area (Å²) in [4.78, 5) is 14.6. The third-order valence-electron chi connectivity index (χ3n) is 5.06. The van der Waals surface area contributed by atoms with Crippen molar-refractivity contribution in [2.75, 3.05) is 37.0 Å². The molecule has 0 aromatic heterocycles. The van der Waals surface area contributed by atoms with Gasteiger partial charge in [-0.05, 0) is 43.3 Å². The number of likely N-dealkylation sites (N-methyl/N-ethyl adjacent to an activating group) is 1. The molecular formula is C24H26N2O5S. The van der Waals surface area contributed by atoms with Crippen molar-refractivity contribution in [2.45, 2.75) is 11.8 Å². The second kappa shape index (κ2) is 9.74. The van der Waals surface area contributed by atoms with Gasteiger partial charge in [0.1, 0.15) is 18.0 Å². The highest BCUT2D eigenvalue weighted by molar-refractivity contribution is 7.92. The van der Waals surface area contributed by atoms with E-state index in [1.54, 1.807) is 49.5 Å². The minimum atomic E-state index is -4.07. The van der Waals surface area contributed by atoms with Crippen LogP contribution in [0.1, 0.15) is 5.56 Å². The number of rotatable bonds is 8. The normalized spacial score (nSPS) is 11.0. The Bertz CT molecular complexity index is 1180. The first-order chi connectivity index (χ1) is 15.3. The molecular weight excluding hydrogens is 428 g/mol. The number of para-hydroxylation sites is 1. The number of carbonyl (C=O) groups excluding carboxylic acids is 1. The van der Waals surface area contributed by atoms with Crippen molar-refractivity contribution in [1.82, 2.24) is 0 Å². The maximum absolute atomic E-state index is 13.6. The van der Waals surface area contributed by atoms with Crippen LogP contribution in [0.2, 0.25) is 0 Å². The number of carbonyl (C=O) groups is 1. The Morgan fingerprint density at radius 3 is 2.16 bits per heavy atom. The minimum absolute atomic E-state index is 0.0798. The summed E-state index contributed by atoms with van der Waals surface area (Å²) in [6, 6.07) is 20.3. The third kappa shape index (κ3) is 4.86. The van der Waals surface area contributed by atoms with Crippen LogP contribution in [0, 0.1) is 6.92 Å². The molecule has 0 N–H and O–H groups in total. The molecule has 0 aliphatic rings. The summed E-state index contributed by atoms with van der Waals surface area (Å²) in [5.41, 5.74) is 1.83. The summed E-state index contributed by atoms with van der Waals surface area (Å²) in [6.45, 7) is 1.46. The van der Waals surface area contributed by atoms with Crippen LogP contribution >= 0.6 is 0 Å². The second-order valence-corrected chi connectivity index (χ2v) is 9.01. The summed E-state index contributed by atoms with van der Waals surface area (Å²) in [7, 11) is 0.487. The molecule has 3 aromatic carbocycles. The highest BCUT2D eigenvalue weighted by Crippen LogP contribution is 2.35. The molecule has 0 radical (unpaired) electrons. The van der Waals surface area contributed by atoms with Gasteiger partial charge in [0.05, 0.1) is 24.8 Å². The van der Waals surface area contributed by atoms with E-state index in [0.717, 1.165) is 9.87 Å². The molecule has 0 saturated carbocycles. The zero-order valence-electron chi connectivity index (χ0n) is 18.5. The number of hydrogen-bond donors (Lipinski definition) is 0. The van der Waals surface area contributed by atoms with Gasteiger partial charge in [0.2, 0.25) is 5.91 Å². The van der Waals surface area contributed by atoms with E-state index in [0.29, 0.717) is 11.4 Å². The highest BCUT2D eigenvalue weighted by Gasteiger charge is 2.30. The predicted molar refractivity (Wildman–Crippen MR) is 125 cm³/mol. The molecule has 7 nitrogen and oxygen atoms in total. The van der Waals surface area contributed by atoms with Crippen molar-refractivity contribution in [3.8, 4) is 11.5 Å². The first-order valence-corrected chi connectivity index (χ1v) is 11.3. The number of ether oxygens (including phenoxy) is 2. The van der Waals surface area contributed by atoms with Gasteiger partial charge in [-0.15, -0.1) is 0 Å². The maximum Gasteiger partial charge on any atom is 0.264 e. The van der Waals surface area contributed by atoms with Gasteiger partial charge in [-0.25, -0.2) is 8.42 Å². The van der Waals surface area contributed by atoms with Crippen molar-refractivity contribution in [3.05, 3.63) is 78.4 Å². The molecule has 3 aromatic rings. The van der Waals surface area contributed by atoms with E-state index in [1.165, 1.54) is 31.3 Å². The van der Waals surface area contributed by atoms with Crippen LogP contribution in [0.15, 0.2) is 77.7 Å². The van der Waals surface area contributed by atoms with Crippen LogP contribution in [0.4, 0.5) is 11.4 Å². The predicted octanol–water partition coefficient (Wildman–Crippen LogP) is 3.87. The van der Waals surface area contributed by atoms with Crippen molar-refractivity contribution >= 4 is 27.3 Å². The van der Waals surface area contributed by atoms with Crippen LogP contribution in [0.3, 0.4) is 0 Å². The van der Waals surface area contributed by atoms with Crippen molar-refractivity contribution in [2.24, 2.45) is 0 Å². The Kier molecular flexibility index (Phi) is 7.05. The molecule has 0 fully saturated rings. The van der Waals surface area contributed by atoms with Crippen molar-refractivity contribution in [1.29, 1.82) is 0 Å². The average molecular weight is 455 g/mol. The molecule has 0 bridgehead atoms. The molecule has 0 aliphatic carbocycles. The number of aryl methyl sites for hydroxylation is 1. The Morgan fingerprint density at radius 2 is 1.56 bits per heavy atom. The lowest BCUT2D eigenvalue weighted by Gasteiger charge is -2.28. The summed E-state index contributed by atoms with van der Waals surface area (Å²) < 4.78 is 39.0. The standard InChI is InChI=1S/C24H26N2O5S/c1-18-10-13-21(14-11-18)32(28,29)26(22-15-12-20(30-3)16-23(22)31-4)17-24(27)25(2)19-8-6-5-7-9-19/h5-16H,17H2,1-4H3. The molecule has 0 unspecified atom stereocenters. The van der Waals surface area contributed by atoms with E-state index in [-0.39, 0.29) is 16.3 Å². The molecule has 32 heavy (non-hydrogen) atoms. The fourth-order valence-corrected chi connectivity index (χ4v) is 4.58. The number of sulfonamides is 1. The number of anilines is 2. The second-order valence-electron chi connectivity index (χ2n) is 7.15. The van der Waals surface area contributed by atoms with Crippen molar-refractivity contribution in [3.63, 3.8) is 0 Å². The lowest BCUT2D eigenvalue weighted by Crippen LogP contribution is -2.42. The van der Waals surface area contributed by atoms with E-state index in [4.69, 9.17) is 9.47 Å². The quantitative estimate of drug-likeness (QED) is 0.516. The number of nitrogens with zero attached hydrogens (tertiary/aromatic N) is 2. The van der Waals surface area contributed by atoms with Crippen molar-refractivity contribution < 1.29 is 22.7 Å². The smallest absolute Gasteiger partial charge is 0.264 e. The number of benzene rings is 3. The van der Waals surface area contributed by atoms with Crippen LogP contribution in [0.5, 0.6) is 11.5 Å². The van der Waals surface area contributed by atoms with Gasteiger partial charge in [0.15, 0.2) is 0 Å². The monoisotopic (exact) mass is 454 g/mol. The van der Waals surface area contributed by atoms with Gasteiger partial charge < -0.3 is 14.4 Å². The summed E-state index contributed by atoms with van der Waals surface area (Å²) in [5, 5.41) is 0. The highest BCUT2D eigenvalue weighted by atomic mass is 32.2. The minimum Gasteiger partial charge on any atom is -0.497 e. The fourth-order valence-electron chi connectivity index (χ4n) is 3.15. The summed E-state index contributed by atoms with van der Waals surface area (Å²) >= 11 is 0. The third-order valence-corrected chi connectivity index (χ3v) is 6.83. The van der Waals surface area contributed by atoms with Crippen LogP contribution < -0.4 is 18.7 Å². The zero-order chi connectivity index (χ0) is 23.3. The Labute approximate surface area is 188 Å². The SMILES string of the molecule is COc1ccc(N(CC(=O)N(C)c2ccccc2)S(=O)(=O)c2ccc(C)cc2)c(OC)c1. The number of amides is 1. The lowest BCUT2D eigenvalue weighted by molar-refractivity contribution is -0.116. The van der Waals surface area contributed by atoms with Gasteiger partial charge in [-0.1, -0.05) is 35.9 Å². The average Bonchev–Trinajstić information content (AvgIpc) is 2.82. The summed E-state index contributed by atoms with van der Waals surface area (Å²) in [6.07, 6.45) is 0. The number of hydrogen-bond acceptors (Lipinski definition) is 5. The Morgan fingerprint density at radius 1 is 0.906 bits per heavy atom. The van der Waals surface area contributed by atoms with Gasteiger partial charge in [0, 0.05) is 18.8 Å². The fraction of sp³-hybridized carbons (Fsp3) is 0.208. The molecule has 0 heterocycles. The molecule has 8 heteroatoms. The first-order valence-electron chi connectivity index (χ1n) is 9.91. The summed E-state index contributed by atoms with van der Waals surface area (Å²) in [5.74, 6) is 0.381. The van der Waals surface area contributed by atoms with Gasteiger partial charge in [-0.3, -0.25) is 9.10 Å². The first kappa shape index (κ1) is 23.1. The topological polar surface area (TPSA) is 76.2 Å². The molecule has 168 valence electrons. The molecule has 3 rings (SSSR count).